The third-order valence-electron chi connectivity index (χ3n) is 3.63. The Morgan fingerprint density at radius 2 is 1.78 bits per heavy atom. The lowest BCUT2D eigenvalue weighted by atomic mass is 10.2. The molecular formula is C18H14BrN7O. The summed E-state index contributed by atoms with van der Waals surface area (Å²) in [5.41, 5.74) is 6.45. The molecular weight excluding hydrogens is 410 g/mol. The summed E-state index contributed by atoms with van der Waals surface area (Å²) in [6.07, 6.45) is 1.69. The highest BCUT2D eigenvalue weighted by Crippen LogP contribution is 2.24. The molecule has 0 amide bonds. The van der Waals surface area contributed by atoms with Gasteiger partial charge in [0.2, 0.25) is 11.3 Å². The lowest BCUT2D eigenvalue weighted by Gasteiger charge is -2.09. The van der Waals surface area contributed by atoms with Crippen molar-refractivity contribution in [1.82, 2.24) is 20.3 Å². The first-order valence-corrected chi connectivity index (χ1v) is 8.85. The molecule has 0 aliphatic rings. The number of benzene rings is 2. The Bertz CT molecular complexity index is 1130. The molecule has 4 rings (SSSR count). The van der Waals surface area contributed by atoms with E-state index in [1.165, 1.54) is 0 Å². The van der Waals surface area contributed by atoms with Crippen molar-refractivity contribution in [2.75, 3.05) is 10.7 Å². The van der Waals surface area contributed by atoms with Gasteiger partial charge in [0.25, 0.3) is 0 Å². The number of nitrogens with one attached hydrogen (secondary N) is 2. The van der Waals surface area contributed by atoms with E-state index in [0.717, 1.165) is 21.3 Å². The molecule has 2 heterocycles. The monoisotopic (exact) mass is 423 g/mol. The number of hydrogen-bond donors (Lipinski definition) is 2. The minimum absolute atomic E-state index is 0.296. The first-order chi connectivity index (χ1) is 13.2. The summed E-state index contributed by atoms with van der Waals surface area (Å²) in [4.78, 5) is 8.79. The molecule has 2 aromatic carbocycles. The smallest absolute Gasteiger partial charge is 0.245 e. The van der Waals surface area contributed by atoms with Crippen LogP contribution in [-0.4, -0.2) is 26.5 Å². The largest absolute Gasteiger partial charge is 0.337 e. The van der Waals surface area contributed by atoms with Crippen molar-refractivity contribution < 1.29 is 4.63 Å². The normalized spacial score (nSPS) is 11.2. The predicted molar refractivity (Wildman–Crippen MR) is 107 cm³/mol. The van der Waals surface area contributed by atoms with E-state index in [1.54, 1.807) is 6.21 Å². The number of aromatic nitrogens is 4. The third kappa shape index (κ3) is 4.09. The van der Waals surface area contributed by atoms with Crippen LogP contribution in [0, 0.1) is 6.92 Å². The fourth-order valence-electron chi connectivity index (χ4n) is 2.42. The van der Waals surface area contributed by atoms with Crippen LogP contribution in [0.5, 0.6) is 0 Å². The van der Waals surface area contributed by atoms with Crippen LogP contribution in [0.2, 0.25) is 0 Å². The number of hydrazone groups is 1. The molecule has 8 nitrogen and oxygen atoms in total. The van der Waals surface area contributed by atoms with Gasteiger partial charge in [-0.3, -0.25) is 5.43 Å². The molecule has 2 N–H and O–H groups in total. The fourth-order valence-corrected chi connectivity index (χ4v) is 2.83. The lowest BCUT2D eigenvalue weighted by Crippen LogP contribution is -2.03. The second-order valence-corrected chi connectivity index (χ2v) is 6.67. The molecule has 0 aliphatic heterocycles. The van der Waals surface area contributed by atoms with Crippen molar-refractivity contribution in [3.05, 3.63) is 64.1 Å². The lowest BCUT2D eigenvalue weighted by molar-refractivity contribution is 0.314. The van der Waals surface area contributed by atoms with Crippen molar-refractivity contribution in [2.45, 2.75) is 6.92 Å². The molecule has 134 valence electrons. The number of rotatable bonds is 5. The molecule has 9 heteroatoms. The van der Waals surface area contributed by atoms with Crippen molar-refractivity contribution >= 4 is 50.8 Å². The van der Waals surface area contributed by atoms with Gasteiger partial charge in [0.1, 0.15) is 0 Å². The van der Waals surface area contributed by atoms with Crippen molar-refractivity contribution in [2.24, 2.45) is 5.10 Å². The van der Waals surface area contributed by atoms with Crippen LogP contribution in [0.25, 0.3) is 11.3 Å². The van der Waals surface area contributed by atoms with Gasteiger partial charge < -0.3 is 5.32 Å². The average Bonchev–Trinajstić information content (AvgIpc) is 3.09. The fraction of sp³-hybridized carbons (Fsp3) is 0.0556. The van der Waals surface area contributed by atoms with Crippen LogP contribution in [0.15, 0.2) is 62.7 Å². The predicted octanol–water partition coefficient (Wildman–Crippen LogP) is 4.27. The van der Waals surface area contributed by atoms with Gasteiger partial charge in [0.05, 0.1) is 6.21 Å². The zero-order valence-corrected chi connectivity index (χ0v) is 15.8. The Labute approximate surface area is 162 Å². The minimum Gasteiger partial charge on any atom is -0.337 e. The van der Waals surface area contributed by atoms with Crippen LogP contribution in [0.4, 0.5) is 17.3 Å². The molecule has 0 radical (unpaired) electrons. The van der Waals surface area contributed by atoms with E-state index in [0.29, 0.717) is 22.9 Å². The van der Waals surface area contributed by atoms with Gasteiger partial charge in [-0.15, -0.1) is 0 Å². The van der Waals surface area contributed by atoms with Crippen LogP contribution in [0.1, 0.15) is 11.1 Å². The molecule has 0 atom stereocenters. The molecule has 0 fully saturated rings. The van der Waals surface area contributed by atoms with Gasteiger partial charge >= 0.3 is 0 Å². The van der Waals surface area contributed by atoms with Crippen molar-refractivity contribution in [3.63, 3.8) is 0 Å². The Hall–Kier alpha value is -3.33. The number of fused-ring (bicyclic) bond motifs is 1. The zero-order chi connectivity index (χ0) is 18.6. The highest BCUT2D eigenvalue weighted by molar-refractivity contribution is 9.10. The topological polar surface area (TPSA) is 101 Å². The van der Waals surface area contributed by atoms with Gasteiger partial charge in [0, 0.05) is 10.2 Å². The third-order valence-corrected chi connectivity index (χ3v) is 4.12. The maximum absolute atomic E-state index is 4.71. The minimum atomic E-state index is 0.296. The van der Waals surface area contributed by atoms with Gasteiger partial charge in [-0.1, -0.05) is 40.2 Å². The average molecular weight is 424 g/mol. The SMILES string of the molecule is Cc1cccc(Nc2nc3nonc3nc2N/N=C\c2cccc(Br)c2)c1. The Morgan fingerprint density at radius 1 is 1.00 bits per heavy atom. The van der Waals surface area contributed by atoms with Crippen LogP contribution in [0.3, 0.4) is 0 Å². The van der Waals surface area contributed by atoms with E-state index >= 15 is 0 Å². The van der Waals surface area contributed by atoms with Gasteiger partial charge in [0.15, 0.2) is 11.6 Å². The molecule has 0 bridgehead atoms. The van der Waals surface area contributed by atoms with Crippen LogP contribution < -0.4 is 10.7 Å². The molecule has 0 aliphatic carbocycles. The second kappa shape index (κ2) is 7.50. The molecule has 27 heavy (non-hydrogen) atoms. The molecule has 0 saturated carbocycles. The highest BCUT2D eigenvalue weighted by Gasteiger charge is 2.12. The summed E-state index contributed by atoms with van der Waals surface area (Å²) in [6.45, 7) is 2.02. The van der Waals surface area contributed by atoms with E-state index < -0.39 is 0 Å². The summed E-state index contributed by atoms with van der Waals surface area (Å²) in [5.74, 6) is 0.876. The van der Waals surface area contributed by atoms with E-state index in [1.807, 2.05) is 55.5 Å². The molecule has 0 unspecified atom stereocenters. The van der Waals surface area contributed by atoms with E-state index in [-0.39, 0.29) is 0 Å². The summed E-state index contributed by atoms with van der Waals surface area (Å²) in [6, 6.07) is 15.7. The summed E-state index contributed by atoms with van der Waals surface area (Å²) in [5, 5.41) is 15.0. The Kier molecular flexibility index (Phi) is 4.75. The van der Waals surface area contributed by atoms with Gasteiger partial charge in [-0.2, -0.15) is 10.1 Å². The molecule has 0 saturated heterocycles. The maximum Gasteiger partial charge on any atom is 0.245 e. The second-order valence-electron chi connectivity index (χ2n) is 5.75. The number of anilines is 3. The van der Waals surface area contributed by atoms with Gasteiger partial charge in [-0.25, -0.2) is 9.61 Å². The van der Waals surface area contributed by atoms with E-state index in [2.05, 4.69) is 52.1 Å². The van der Waals surface area contributed by atoms with E-state index in [4.69, 9.17) is 4.63 Å². The molecule has 2 aromatic heterocycles. The van der Waals surface area contributed by atoms with E-state index in [9.17, 15) is 0 Å². The first-order valence-electron chi connectivity index (χ1n) is 8.06. The van der Waals surface area contributed by atoms with Crippen molar-refractivity contribution in [1.29, 1.82) is 0 Å². The maximum atomic E-state index is 4.71. The summed E-state index contributed by atoms with van der Waals surface area (Å²) in [7, 11) is 0. The Balaban J connectivity index is 1.63. The summed E-state index contributed by atoms with van der Waals surface area (Å²) < 4.78 is 5.68. The number of aryl methyl sites for hydroxylation is 1. The van der Waals surface area contributed by atoms with Crippen LogP contribution in [-0.2, 0) is 0 Å². The van der Waals surface area contributed by atoms with Crippen molar-refractivity contribution in [3.8, 4) is 0 Å². The highest BCUT2D eigenvalue weighted by atomic mass is 79.9. The quantitative estimate of drug-likeness (QED) is 0.364. The first kappa shape index (κ1) is 17.1. The van der Waals surface area contributed by atoms with Gasteiger partial charge in [-0.05, 0) is 52.6 Å². The number of hydrogen-bond acceptors (Lipinski definition) is 8. The zero-order valence-electron chi connectivity index (χ0n) is 14.2. The number of halogens is 1. The summed E-state index contributed by atoms with van der Waals surface area (Å²) >= 11 is 3.44. The standard InChI is InChI=1S/C18H14BrN7O/c1-11-4-2-7-14(8-11)21-15-16(23-18-17(22-15)25-27-26-18)24-20-10-12-5-3-6-13(19)9-12/h2-10H,1H3,(H,21,22,25)(H,23,24,26)/b20-10-. The Morgan fingerprint density at radius 3 is 2.56 bits per heavy atom. The molecule has 0 spiro atoms. The van der Waals surface area contributed by atoms with Crippen LogP contribution >= 0.6 is 15.9 Å². The number of nitrogens with zero attached hydrogens (tertiary/aromatic N) is 5. The molecule has 4 aromatic rings.